The lowest BCUT2D eigenvalue weighted by atomic mass is 10.2. The van der Waals surface area contributed by atoms with Gasteiger partial charge in [-0.05, 0) is 24.3 Å². The average molecular weight is 297 g/mol. The Labute approximate surface area is 129 Å². The number of hydrogen-bond donors (Lipinski definition) is 1. The quantitative estimate of drug-likeness (QED) is 0.907. The maximum atomic E-state index is 11.1. The SMILES string of the molecule is NC(=O)c1ccc(N2CCN(Cc3ccccn3)CC2)nc1. The van der Waals surface area contributed by atoms with Crippen LogP contribution in [0.3, 0.4) is 0 Å². The van der Waals surface area contributed by atoms with E-state index < -0.39 is 5.91 Å². The molecule has 1 aliphatic heterocycles. The summed E-state index contributed by atoms with van der Waals surface area (Å²) in [6.07, 6.45) is 3.37. The van der Waals surface area contributed by atoms with E-state index in [1.165, 1.54) is 6.20 Å². The molecule has 1 aliphatic rings. The van der Waals surface area contributed by atoms with Crippen LogP contribution in [0.25, 0.3) is 0 Å². The Morgan fingerprint density at radius 2 is 1.91 bits per heavy atom. The zero-order chi connectivity index (χ0) is 15.4. The van der Waals surface area contributed by atoms with Gasteiger partial charge in [0, 0.05) is 45.1 Å². The average Bonchev–Trinajstić information content (AvgIpc) is 2.57. The van der Waals surface area contributed by atoms with E-state index in [1.54, 1.807) is 6.07 Å². The molecular formula is C16H19N5O. The van der Waals surface area contributed by atoms with Crippen molar-refractivity contribution >= 4 is 11.7 Å². The molecule has 0 aromatic carbocycles. The van der Waals surface area contributed by atoms with Crippen LogP contribution in [-0.2, 0) is 6.54 Å². The van der Waals surface area contributed by atoms with Crippen LogP contribution in [0.4, 0.5) is 5.82 Å². The molecule has 2 aromatic heterocycles. The zero-order valence-electron chi connectivity index (χ0n) is 12.4. The van der Waals surface area contributed by atoms with E-state index in [0.29, 0.717) is 5.56 Å². The van der Waals surface area contributed by atoms with Gasteiger partial charge < -0.3 is 10.6 Å². The van der Waals surface area contributed by atoms with Crippen LogP contribution in [0.5, 0.6) is 0 Å². The minimum absolute atomic E-state index is 0.442. The molecular weight excluding hydrogens is 278 g/mol. The largest absolute Gasteiger partial charge is 0.366 e. The predicted molar refractivity (Wildman–Crippen MR) is 84.5 cm³/mol. The van der Waals surface area contributed by atoms with Crippen molar-refractivity contribution < 1.29 is 4.79 Å². The van der Waals surface area contributed by atoms with E-state index in [4.69, 9.17) is 5.73 Å². The van der Waals surface area contributed by atoms with Gasteiger partial charge in [-0.2, -0.15) is 0 Å². The van der Waals surface area contributed by atoms with Crippen LogP contribution in [0.1, 0.15) is 16.1 Å². The van der Waals surface area contributed by atoms with Crippen LogP contribution in [-0.4, -0.2) is 47.0 Å². The summed E-state index contributed by atoms with van der Waals surface area (Å²) in [6, 6.07) is 9.58. The summed E-state index contributed by atoms with van der Waals surface area (Å²) >= 11 is 0. The molecule has 3 heterocycles. The number of carbonyl (C=O) groups excluding carboxylic acids is 1. The molecule has 6 heteroatoms. The second-order valence-electron chi connectivity index (χ2n) is 5.35. The fraction of sp³-hybridized carbons (Fsp3) is 0.312. The molecule has 0 aliphatic carbocycles. The van der Waals surface area contributed by atoms with Crippen LogP contribution < -0.4 is 10.6 Å². The van der Waals surface area contributed by atoms with Crippen molar-refractivity contribution in [3.05, 3.63) is 54.0 Å². The van der Waals surface area contributed by atoms with Gasteiger partial charge in [0.25, 0.3) is 0 Å². The minimum Gasteiger partial charge on any atom is -0.366 e. The number of anilines is 1. The highest BCUT2D eigenvalue weighted by Crippen LogP contribution is 2.15. The van der Waals surface area contributed by atoms with Gasteiger partial charge >= 0.3 is 0 Å². The van der Waals surface area contributed by atoms with Crippen molar-refractivity contribution in [1.29, 1.82) is 0 Å². The van der Waals surface area contributed by atoms with E-state index in [2.05, 4.69) is 25.8 Å². The van der Waals surface area contributed by atoms with Crippen LogP contribution >= 0.6 is 0 Å². The van der Waals surface area contributed by atoms with Crippen LogP contribution in [0.2, 0.25) is 0 Å². The smallest absolute Gasteiger partial charge is 0.250 e. The van der Waals surface area contributed by atoms with E-state index in [0.717, 1.165) is 44.2 Å². The molecule has 0 atom stereocenters. The van der Waals surface area contributed by atoms with Gasteiger partial charge in [-0.3, -0.25) is 14.7 Å². The summed E-state index contributed by atoms with van der Waals surface area (Å²) in [4.78, 5) is 24.4. The monoisotopic (exact) mass is 297 g/mol. The molecule has 2 N–H and O–H groups in total. The van der Waals surface area contributed by atoms with E-state index in [-0.39, 0.29) is 0 Å². The normalized spacial score (nSPS) is 15.7. The Morgan fingerprint density at radius 3 is 2.50 bits per heavy atom. The van der Waals surface area contributed by atoms with Gasteiger partial charge in [-0.1, -0.05) is 6.07 Å². The Hall–Kier alpha value is -2.47. The van der Waals surface area contributed by atoms with Gasteiger partial charge in [-0.15, -0.1) is 0 Å². The maximum absolute atomic E-state index is 11.1. The highest BCUT2D eigenvalue weighted by Gasteiger charge is 2.18. The molecule has 1 fully saturated rings. The highest BCUT2D eigenvalue weighted by molar-refractivity contribution is 5.92. The lowest BCUT2D eigenvalue weighted by Crippen LogP contribution is -2.46. The molecule has 2 aromatic rings. The van der Waals surface area contributed by atoms with E-state index in [1.807, 2.05) is 24.4 Å². The molecule has 6 nitrogen and oxygen atoms in total. The van der Waals surface area contributed by atoms with Gasteiger partial charge in [0.05, 0.1) is 11.3 Å². The Balaban J connectivity index is 1.56. The minimum atomic E-state index is -0.445. The van der Waals surface area contributed by atoms with Gasteiger partial charge in [0.2, 0.25) is 5.91 Å². The standard InChI is InChI=1S/C16H19N5O/c17-16(22)13-4-5-15(19-11-13)21-9-7-20(8-10-21)12-14-3-1-2-6-18-14/h1-6,11H,7-10,12H2,(H2,17,22). The molecule has 0 spiro atoms. The number of nitrogens with zero attached hydrogens (tertiary/aromatic N) is 4. The number of primary amides is 1. The lowest BCUT2D eigenvalue weighted by Gasteiger charge is -2.35. The first-order valence-corrected chi connectivity index (χ1v) is 7.35. The third kappa shape index (κ3) is 3.40. The van der Waals surface area contributed by atoms with Crippen molar-refractivity contribution in [1.82, 2.24) is 14.9 Å². The zero-order valence-corrected chi connectivity index (χ0v) is 12.4. The molecule has 3 rings (SSSR count). The summed E-state index contributed by atoms with van der Waals surface area (Å²) in [5.74, 6) is 0.446. The second kappa shape index (κ2) is 6.53. The molecule has 0 radical (unpaired) electrons. The number of aromatic nitrogens is 2. The summed E-state index contributed by atoms with van der Waals surface area (Å²) < 4.78 is 0. The maximum Gasteiger partial charge on any atom is 0.250 e. The topological polar surface area (TPSA) is 75.4 Å². The Kier molecular flexibility index (Phi) is 4.29. The highest BCUT2D eigenvalue weighted by atomic mass is 16.1. The Bertz CT molecular complexity index is 621. The number of amides is 1. The first-order chi connectivity index (χ1) is 10.7. The lowest BCUT2D eigenvalue weighted by molar-refractivity contribution is 0.1000. The first-order valence-electron chi connectivity index (χ1n) is 7.35. The number of hydrogen-bond acceptors (Lipinski definition) is 5. The van der Waals surface area contributed by atoms with Gasteiger partial charge in [0.1, 0.15) is 5.82 Å². The summed E-state index contributed by atoms with van der Waals surface area (Å²) in [7, 11) is 0. The van der Waals surface area contributed by atoms with Gasteiger partial charge in [-0.25, -0.2) is 4.98 Å². The number of pyridine rings is 2. The molecule has 0 bridgehead atoms. The van der Waals surface area contributed by atoms with Crippen molar-refractivity contribution in [3.8, 4) is 0 Å². The van der Waals surface area contributed by atoms with E-state index >= 15 is 0 Å². The Morgan fingerprint density at radius 1 is 1.09 bits per heavy atom. The van der Waals surface area contributed by atoms with E-state index in [9.17, 15) is 4.79 Å². The molecule has 114 valence electrons. The molecule has 0 unspecified atom stereocenters. The van der Waals surface area contributed by atoms with Crippen molar-refractivity contribution in [2.75, 3.05) is 31.1 Å². The molecule has 1 amide bonds. The summed E-state index contributed by atoms with van der Waals surface area (Å²) in [5.41, 5.74) is 6.77. The van der Waals surface area contributed by atoms with Crippen molar-refractivity contribution in [2.24, 2.45) is 5.73 Å². The number of nitrogens with two attached hydrogens (primary N) is 1. The number of carbonyl (C=O) groups is 1. The first kappa shape index (κ1) is 14.5. The molecule has 22 heavy (non-hydrogen) atoms. The fourth-order valence-electron chi connectivity index (χ4n) is 2.57. The summed E-state index contributed by atoms with van der Waals surface area (Å²) in [5, 5.41) is 0. The molecule has 1 saturated heterocycles. The second-order valence-corrected chi connectivity index (χ2v) is 5.35. The summed E-state index contributed by atoms with van der Waals surface area (Å²) in [6.45, 7) is 4.64. The van der Waals surface area contributed by atoms with Crippen LogP contribution in [0.15, 0.2) is 42.7 Å². The third-order valence-corrected chi connectivity index (χ3v) is 3.84. The fourth-order valence-corrected chi connectivity index (χ4v) is 2.57. The number of rotatable bonds is 4. The van der Waals surface area contributed by atoms with Crippen molar-refractivity contribution in [2.45, 2.75) is 6.54 Å². The van der Waals surface area contributed by atoms with Crippen molar-refractivity contribution in [3.63, 3.8) is 0 Å². The number of piperazine rings is 1. The van der Waals surface area contributed by atoms with Crippen LogP contribution in [0, 0.1) is 0 Å². The van der Waals surface area contributed by atoms with Gasteiger partial charge in [0.15, 0.2) is 0 Å². The molecule has 0 saturated carbocycles. The third-order valence-electron chi connectivity index (χ3n) is 3.84. The predicted octanol–water partition coefficient (Wildman–Crippen LogP) is 0.898.